The van der Waals surface area contributed by atoms with Crippen LogP contribution in [0.1, 0.15) is 105 Å². The van der Waals surface area contributed by atoms with Crippen molar-refractivity contribution in [3.05, 3.63) is 0 Å². The number of carboxylic acids is 2. The molecule has 8 nitrogen and oxygen atoms in total. The monoisotopic (exact) mass is 484 g/mol. The second kappa shape index (κ2) is 17.5. The van der Waals surface area contributed by atoms with Crippen LogP contribution >= 0.6 is 0 Å². The van der Waals surface area contributed by atoms with Gasteiger partial charge in [0.25, 0.3) is 0 Å². The Balaban J connectivity index is 6.43. The van der Waals surface area contributed by atoms with Gasteiger partial charge in [0.2, 0.25) is 5.91 Å². The SMILES string of the molecule is CCCCC(CC)CC(CCC(=O)O)C(CC(CC)CCCC)(C(=O)O)C(=O)CNC(=O)CN. The molecule has 0 saturated heterocycles. The summed E-state index contributed by atoms with van der Waals surface area (Å²) in [5, 5.41) is 22.4. The number of nitrogens with two attached hydrogens (primary N) is 1. The van der Waals surface area contributed by atoms with Gasteiger partial charge in [-0.25, -0.2) is 0 Å². The fraction of sp³-hybridized carbons (Fsp3) is 0.846. The van der Waals surface area contributed by atoms with Crippen molar-refractivity contribution in [3.63, 3.8) is 0 Å². The summed E-state index contributed by atoms with van der Waals surface area (Å²) < 4.78 is 0. The van der Waals surface area contributed by atoms with Crippen molar-refractivity contribution >= 4 is 23.6 Å². The van der Waals surface area contributed by atoms with Gasteiger partial charge in [-0.2, -0.15) is 0 Å². The van der Waals surface area contributed by atoms with Crippen LogP contribution in [0.3, 0.4) is 0 Å². The number of hydrogen-bond donors (Lipinski definition) is 4. The van der Waals surface area contributed by atoms with Gasteiger partial charge in [0.05, 0.1) is 13.1 Å². The van der Waals surface area contributed by atoms with Crippen molar-refractivity contribution < 1.29 is 29.4 Å². The van der Waals surface area contributed by atoms with E-state index in [-0.39, 0.29) is 37.6 Å². The van der Waals surface area contributed by atoms with Gasteiger partial charge < -0.3 is 21.3 Å². The highest BCUT2D eigenvalue weighted by atomic mass is 16.4. The lowest BCUT2D eigenvalue weighted by Gasteiger charge is -2.40. The molecule has 0 aliphatic rings. The maximum absolute atomic E-state index is 13.6. The van der Waals surface area contributed by atoms with E-state index in [0.29, 0.717) is 6.42 Å². The lowest BCUT2D eigenvalue weighted by atomic mass is 9.62. The third-order valence-electron chi connectivity index (χ3n) is 7.23. The molecule has 0 saturated carbocycles. The topological polar surface area (TPSA) is 147 Å². The molecular formula is C26H48N2O6. The van der Waals surface area contributed by atoms with Crippen LogP contribution in [0.4, 0.5) is 0 Å². The number of nitrogens with one attached hydrogen (secondary N) is 1. The first-order valence-corrected chi connectivity index (χ1v) is 13.1. The molecule has 34 heavy (non-hydrogen) atoms. The quantitative estimate of drug-likeness (QED) is 0.177. The molecule has 198 valence electrons. The number of rotatable bonds is 21. The van der Waals surface area contributed by atoms with Crippen LogP contribution in [-0.2, 0) is 19.2 Å². The second-order valence-electron chi connectivity index (χ2n) is 9.58. The highest BCUT2D eigenvalue weighted by Gasteiger charge is 2.52. The van der Waals surface area contributed by atoms with Crippen LogP contribution in [-0.4, -0.2) is 46.9 Å². The molecule has 0 spiro atoms. The van der Waals surface area contributed by atoms with Crippen molar-refractivity contribution in [2.75, 3.05) is 13.1 Å². The minimum Gasteiger partial charge on any atom is -0.481 e. The van der Waals surface area contributed by atoms with Gasteiger partial charge in [0, 0.05) is 6.42 Å². The van der Waals surface area contributed by atoms with E-state index < -0.39 is 41.5 Å². The predicted molar refractivity (Wildman–Crippen MR) is 133 cm³/mol. The molecular weight excluding hydrogens is 436 g/mol. The van der Waals surface area contributed by atoms with Crippen molar-refractivity contribution in [2.24, 2.45) is 28.9 Å². The van der Waals surface area contributed by atoms with Gasteiger partial charge in [-0.15, -0.1) is 0 Å². The molecule has 0 aromatic rings. The summed E-state index contributed by atoms with van der Waals surface area (Å²) in [6, 6.07) is 0. The number of carbonyl (C=O) groups is 4. The molecule has 0 fully saturated rings. The van der Waals surface area contributed by atoms with E-state index in [1.807, 2.05) is 6.92 Å². The van der Waals surface area contributed by atoms with Crippen molar-refractivity contribution in [3.8, 4) is 0 Å². The summed E-state index contributed by atoms with van der Waals surface area (Å²) >= 11 is 0. The van der Waals surface area contributed by atoms with Gasteiger partial charge in [-0.05, 0) is 37.0 Å². The van der Waals surface area contributed by atoms with Crippen LogP contribution in [0.5, 0.6) is 0 Å². The standard InChI is InChI=1S/C26H48N2O6/c1-5-9-11-19(7-3)15-21(13-14-24(31)32)26(25(33)34,16-20(8-4)12-10-6-2)22(29)18-28-23(30)17-27/h19-21H,5-18,27H2,1-4H3,(H,28,30)(H,31,32)(H,33,34). The summed E-state index contributed by atoms with van der Waals surface area (Å²) in [6.45, 7) is 7.51. The number of amides is 1. The Morgan fingerprint density at radius 2 is 1.44 bits per heavy atom. The van der Waals surface area contributed by atoms with E-state index in [0.717, 1.165) is 51.4 Å². The molecule has 0 rings (SSSR count). The van der Waals surface area contributed by atoms with E-state index in [2.05, 4.69) is 26.1 Å². The molecule has 5 N–H and O–H groups in total. The van der Waals surface area contributed by atoms with Gasteiger partial charge in [-0.1, -0.05) is 79.1 Å². The molecule has 0 aromatic heterocycles. The lowest BCUT2D eigenvalue weighted by Crippen LogP contribution is -2.52. The van der Waals surface area contributed by atoms with Crippen LogP contribution < -0.4 is 11.1 Å². The number of ketones is 1. The van der Waals surface area contributed by atoms with E-state index in [4.69, 9.17) is 5.73 Å². The Kier molecular flexibility index (Phi) is 16.5. The largest absolute Gasteiger partial charge is 0.481 e. The number of carboxylic acid groups (broad SMARTS) is 2. The van der Waals surface area contributed by atoms with Crippen molar-refractivity contribution in [1.29, 1.82) is 0 Å². The highest BCUT2D eigenvalue weighted by Crippen LogP contribution is 2.45. The molecule has 0 aromatic carbocycles. The second-order valence-corrected chi connectivity index (χ2v) is 9.58. The summed E-state index contributed by atoms with van der Waals surface area (Å²) in [4.78, 5) is 49.8. The van der Waals surface area contributed by atoms with Crippen molar-refractivity contribution in [2.45, 2.75) is 105 Å². The molecule has 0 aliphatic heterocycles. The minimum atomic E-state index is -1.74. The minimum absolute atomic E-state index is 0.0215. The van der Waals surface area contributed by atoms with Gasteiger partial charge in [-0.3, -0.25) is 19.2 Å². The molecule has 0 heterocycles. The Bertz CT molecular complexity index is 639. The Labute approximate surface area is 205 Å². The Hall–Kier alpha value is -1.96. The smallest absolute Gasteiger partial charge is 0.317 e. The van der Waals surface area contributed by atoms with E-state index >= 15 is 0 Å². The van der Waals surface area contributed by atoms with Crippen LogP contribution in [0.2, 0.25) is 0 Å². The normalized spacial score (nSPS) is 15.7. The zero-order chi connectivity index (χ0) is 26.1. The zero-order valence-electron chi connectivity index (χ0n) is 21.7. The van der Waals surface area contributed by atoms with Crippen molar-refractivity contribution in [1.82, 2.24) is 5.32 Å². The van der Waals surface area contributed by atoms with E-state index in [1.54, 1.807) is 0 Å². The molecule has 4 atom stereocenters. The highest BCUT2D eigenvalue weighted by molar-refractivity contribution is 6.05. The first kappa shape index (κ1) is 32.0. The molecule has 0 bridgehead atoms. The summed E-state index contributed by atoms with van der Waals surface area (Å²) in [7, 11) is 0. The first-order valence-electron chi connectivity index (χ1n) is 13.1. The number of aliphatic carboxylic acids is 2. The van der Waals surface area contributed by atoms with E-state index in [9.17, 15) is 29.4 Å². The summed E-state index contributed by atoms with van der Waals surface area (Å²) in [5.74, 6) is -3.70. The van der Waals surface area contributed by atoms with E-state index in [1.165, 1.54) is 0 Å². The average Bonchev–Trinajstić information content (AvgIpc) is 2.82. The average molecular weight is 485 g/mol. The molecule has 8 heteroatoms. The zero-order valence-corrected chi connectivity index (χ0v) is 21.7. The molecule has 4 unspecified atom stereocenters. The van der Waals surface area contributed by atoms with Crippen LogP contribution in [0.15, 0.2) is 0 Å². The molecule has 1 amide bonds. The molecule has 0 aliphatic carbocycles. The first-order chi connectivity index (χ1) is 16.1. The Morgan fingerprint density at radius 1 is 0.882 bits per heavy atom. The lowest BCUT2D eigenvalue weighted by molar-refractivity contribution is -0.163. The predicted octanol–water partition coefficient (Wildman–Crippen LogP) is 4.40. The fourth-order valence-electron chi connectivity index (χ4n) is 4.94. The maximum Gasteiger partial charge on any atom is 0.317 e. The summed E-state index contributed by atoms with van der Waals surface area (Å²) in [6.07, 6.45) is 7.76. The van der Waals surface area contributed by atoms with Crippen LogP contribution in [0, 0.1) is 23.2 Å². The number of hydrogen-bond acceptors (Lipinski definition) is 5. The van der Waals surface area contributed by atoms with Crippen LogP contribution in [0.25, 0.3) is 0 Å². The van der Waals surface area contributed by atoms with Gasteiger partial charge in [0.15, 0.2) is 5.78 Å². The third-order valence-corrected chi connectivity index (χ3v) is 7.23. The fourth-order valence-corrected chi connectivity index (χ4v) is 4.94. The molecule has 0 radical (unpaired) electrons. The van der Waals surface area contributed by atoms with Gasteiger partial charge >= 0.3 is 11.9 Å². The maximum atomic E-state index is 13.6. The number of carbonyl (C=O) groups excluding carboxylic acids is 2. The number of Topliss-reactive ketones (excluding diaryl/α,β-unsaturated/α-hetero) is 1. The summed E-state index contributed by atoms with van der Waals surface area (Å²) in [5.41, 5.74) is 3.61. The Morgan fingerprint density at radius 3 is 1.88 bits per heavy atom. The number of unbranched alkanes of at least 4 members (excludes halogenated alkanes) is 2. The third kappa shape index (κ3) is 10.5. The van der Waals surface area contributed by atoms with Gasteiger partial charge in [0.1, 0.15) is 5.41 Å².